The summed E-state index contributed by atoms with van der Waals surface area (Å²) >= 11 is 0. The summed E-state index contributed by atoms with van der Waals surface area (Å²) in [6.45, 7) is 5.53. The number of hydrogen-bond donors (Lipinski definition) is 0. The van der Waals surface area contributed by atoms with Crippen molar-refractivity contribution in [3.05, 3.63) is 42.1 Å². The van der Waals surface area contributed by atoms with Gasteiger partial charge in [-0.1, -0.05) is 24.3 Å². The van der Waals surface area contributed by atoms with Crippen molar-refractivity contribution in [3.8, 4) is 0 Å². The number of rotatable bonds is 2. The molecule has 19 heavy (non-hydrogen) atoms. The van der Waals surface area contributed by atoms with E-state index in [1.54, 1.807) is 0 Å². The number of nitrogens with zero attached hydrogens (tertiary/aromatic N) is 3. The first-order valence-electron chi connectivity index (χ1n) is 7.09. The lowest BCUT2D eigenvalue weighted by Crippen LogP contribution is -2.24. The highest BCUT2D eigenvalue weighted by Gasteiger charge is 2.36. The number of fused-ring (bicyclic) bond motifs is 2. The van der Waals surface area contributed by atoms with E-state index in [4.69, 9.17) is 4.98 Å². The molecule has 0 spiro atoms. The average molecular weight is 252 g/mol. The van der Waals surface area contributed by atoms with E-state index in [1.165, 1.54) is 24.2 Å². The van der Waals surface area contributed by atoms with Gasteiger partial charge in [-0.2, -0.15) is 0 Å². The summed E-state index contributed by atoms with van der Waals surface area (Å²) in [5.74, 6) is 1.61. The Morgan fingerprint density at radius 2 is 1.79 bits per heavy atom. The molecular formula is C16H18N3. The summed E-state index contributed by atoms with van der Waals surface area (Å²) in [5.41, 5.74) is 2.30. The van der Waals surface area contributed by atoms with Crippen LogP contribution in [0.4, 0.5) is 0 Å². The van der Waals surface area contributed by atoms with Crippen molar-refractivity contribution >= 4 is 10.9 Å². The van der Waals surface area contributed by atoms with Crippen LogP contribution in [0.2, 0.25) is 0 Å². The van der Waals surface area contributed by atoms with E-state index in [9.17, 15) is 0 Å². The summed E-state index contributed by atoms with van der Waals surface area (Å²) in [6.07, 6.45) is 0. The maximum absolute atomic E-state index is 4.77. The quantitative estimate of drug-likeness (QED) is 0.817. The van der Waals surface area contributed by atoms with E-state index in [2.05, 4.69) is 46.6 Å². The fourth-order valence-corrected chi connectivity index (χ4v) is 3.41. The molecule has 1 aromatic heterocycles. The Kier molecular flexibility index (Phi) is 2.75. The molecule has 0 N–H and O–H groups in total. The van der Waals surface area contributed by atoms with Gasteiger partial charge in [0.15, 0.2) is 0 Å². The topological polar surface area (TPSA) is 30.2 Å². The second-order valence-corrected chi connectivity index (χ2v) is 5.80. The van der Waals surface area contributed by atoms with Crippen LogP contribution >= 0.6 is 0 Å². The largest absolute Gasteiger partial charge is 0.297 e. The Morgan fingerprint density at radius 3 is 2.63 bits per heavy atom. The summed E-state index contributed by atoms with van der Waals surface area (Å²) in [4.78, 5) is 7.31. The minimum atomic E-state index is 0.806. The van der Waals surface area contributed by atoms with Crippen LogP contribution in [0.3, 0.4) is 0 Å². The molecule has 2 aliphatic heterocycles. The number of pyridine rings is 1. The Balaban J connectivity index is 1.52. The highest BCUT2D eigenvalue weighted by atomic mass is 15.2. The van der Waals surface area contributed by atoms with Gasteiger partial charge in [0.25, 0.3) is 0 Å². The highest BCUT2D eigenvalue weighted by molar-refractivity contribution is 5.78. The molecule has 0 amide bonds. The van der Waals surface area contributed by atoms with Crippen LogP contribution < -0.4 is 5.32 Å². The Bertz CT molecular complexity index is 583. The molecule has 2 aliphatic rings. The molecule has 3 nitrogen and oxygen atoms in total. The molecule has 3 heteroatoms. The molecule has 3 heterocycles. The van der Waals surface area contributed by atoms with Crippen molar-refractivity contribution in [2.24, 2.45) is 11.8 Å². The molecule has 4 rings (SSSR count). The minimum Gasteiger partial charge on any atom is -0.297 e. The Hall–Kier alpha value is -1.45. The summed E-state index contributed by atoms with van der Waals surface area (Å²) in [5, 5.41) is 5.73. The first-order chi connectivity index (χ1) is 9.38. The van der Waals surface area contributed by atoms with Crippen LogP contribution in [0, 0.1) is 11.8 Å². The normalized spacial score (nSPS) is 26.9. The second-order valence-electron chi connectivity index (χ2n) is 5.80. The van der Waals surface area contributed by atoms with E-state index in [0.29, 0.717) is 0 Å². The summed E-state index contributed by atoms with van der Waals surface area (Å²) in [7, 11) is 0. The molecule has 1 radical (unpaired) electrons. The van der Waals surface area contributed by atoms with Gasteiger partial charge in [-0.15, -0.1) is 0 Å². The van der Waals surface area contributed by atoms with Gasteiger partial charge in [-0.25, -0.2) is 5.32 Å². The molecule has 2 saturated heterocycles. The third-order valence-corrected chi connectivity index (χ3v) is 4.42. The number of hydrogen-bond acceptors (Lipinski definition) is 2. The van der Waals surface area contributed by atoms with E-state index >= 15 is 0 Å². The van der Waals surface area contributed by atoms with Crippen molar-refractivity contribution in [1.82, 2.24) is 15.2 Å². The first-order valence-corrected chi connectivity index (χ1v) is 7.09. The van der Waals surface area contributed by atoms with Crippen molar-refractivity contribution < 1.29 is 0 Å². The fraction of sp³-hybridized carbons (Fsp3) is 0.438. The number of para-hydroxylation sites is 1. The van der Waals surface area contributed by atoms with Gasteiger partial charge in [-0.05, 0) is 24.0 Å². The van der Waals surface area contributed by atoms with E-state index < -0.39 is 0 Å². The lowest BCUT2D eigenvalue weighted by atomic mass is 10.0. The standard InChI is InChI=1S/C16H18N3/c1-2-4-16-12(3-1)5-6-15(18-16)11-19-9-13-7-17-8-14(13)10-19/h1-6,13-14H,7-11H2. The number of benzene rings is 1. The Labute approximate surface area is 113 Å². The third-order valence-electron chi connectivity index (χ3n) is 4.42. The van der Waals surface area contributed by atoms with Crippen LogP contribution in [-0.2, 0) is 6.54 Å². The van der Waals surface area contributed by atoms with Gasteiger partial charge in [0.05, 0.1) is 11.2 Å². The molecule has 2 fully saturated rings. The fourth-order valence-electron chi connectivity index (χ4n) is 3.41. The lowest BCUT2D eigenvalue weighted by molar-refractivity contribution is 0.302. The number of aromatic nitrogens is 1. The average Bonchev–Trinajstić information content (AvgIpc) is 2.99. The third kappa shape index (κ3) is 2.13. The molecule has 2 atom stereocenters. The molecule has 0 aliphatic carbocycles. The summed E-state index contributed by atoms with van der Waals surface area (Å²) < 4.78 is 0. The lowest BCUT2D eigenvalue weighted by Gasteiger charge is -2.16. The van der Waals surface area contributed by atoms with Crippen molar-refractivity contribution in [3.63, 3.8) is 0 Å². The van der Waals surface area contributed by atoms with Gasteiger partial charge in [0.2, 0.25) is 0 Å². The van der Waals surface area contributed by atoms with Gasteiger partial charge >= 0.3 is 0 Å². The van der Waals surface area contributed by atoms with Gasteiger partial charge in [-0.3, -0.25) is 9.88 Å². The molecule has 1 aromatic carbocycles. The molecule has 0 saturated carbocycles. The monoisotopic (exact) mass is 252 g/mol. The predicted molar refractivity (Wildman–Crippen MR) is 75.9 cm³/mol. The summed E-state index contributed by atoms with van der Waals surface area (Å²) in [6, 6.07) is 12.7. The van der Waals surface area contributed by atoms with Crippen LogP contribution in [0.5, 0.6) is 0 Å². The van der Waals surface area contributed by atoms with Gasteiger partial charge < -0.3 is 0 Å². The van der Waals surface area contributed by atoms with Crippen LogP contribution in [0.15, 0.2) is 36.4 Å². The van der Waals surface area contributed by atoms with E-state index in [0.717, 1.165) is 37.0 Å². The molecule has 2 aromatic rings. The van der Waals surface area contributed by atoms with E-state index in [-0.39, 0.29) is 0 Å². The maximum Gasteiger partial charge on any atom is 0.0705 e. The number of likely N-dealkylation sites (tertiary alicyclic amines) is 1. The Morgan fingerprint density at radius 1 is 1.00 bits per heavy atom. The van der Waals surface area contributed by atoms with Crippen molar-refractivity contribution in [1.29, 1.82) is 0 Å². The first kappa shape index (κ1) is 11.4. The smallest absolute Gasteiger partial charge is 0.0705 e. The molecule has 97 valence electrons. The van der Waals surface area contributed by atoms with Crippen LogP contribution in [0.25, 0.3) is 10.9 Å². The van der Waals surface area contributed by atoms with Crippen LogP contribution in [-0.4, -0.2) is 36.1 Å². The van der Waals surface area contributed by atoms with E-state index in [1.807, 2.05) is 0 Å². The zero-order chi connectivity index (χ0) is 12.7. The minimum absolute atomic E-state index is 0.806. The maximum atomic E-state index is 4.77. The SMILES string of the molecule is c1ccc2nc(CN3CC4C[N]CC4C3)ccc2c1. The highest BCUT2D eigenvalue weighted by Crippen LogP contribution is 2.28. The molecular weight excluding hydrogens is 234 g/mol. The zero-order valence-corrected chi connectivity index (χ0v) is 11.0. The van der Waals surface area contributed by atoms with Crippen LogP contribution in [0.1, 0.15) is 5.69 Å². The van der Waals surface area contributed by atoms with Crippen molar-refractivity contribution in [2.75, 3.05) is 26.2 Å². The zero-order valence-electron chi connectivity index (χ0n) is 11.0. The predicted octanol–water partition coefficient (Wildman–Crippen LogP) is 1.90. The van der Waals surface area contributed by atoms with Gasteiger partial charge in [0.1, 0.15) is 0 Å². The van der Waals surface area contributed by atoms with Gasteiger partial charge in [0, 0.05) is 38.1 Å². The van der Waals surface area contributed by atoms with Crippen molar-refractivity contribution in [2.45, 2.75) is 6.54 Å². The molecule has 0 bridgehead atoms. The molecule has 2 unspecified atom stereocenters. The second kappa shape index (κ2) is 4.58.